The smallest absolute Gasteiger partial charge is 0.243 e. The van der Waals surface area contributed by atoms with Gasteiger partial charge in [-0.15, -0.1) is 10.2 Å². The Morgan fingerprint density at radius 3 is 2.39 bits per heavy atom. The predicted molar refractivity (Wildman–Crippen MR) is 123 cm³/mol. The van der Waals surface area contributed by atoms with E-state index in [-0.39, 0.29) is 28.3 Å². The quantitative estimate of drug-likeness (QED) is 0.351. The molecule has 10 heteroatoms. The molecule has 5 rings (SSSR count). The third-order valence-electron chi connectivity index (χ3n) is 5.90. The first-order valence-electron chi connectivity index (χ1n) is 10.9. The first-order chi connectivity index (χ1) is 15.9. The van der Waals surface area contributed by atoms with Crippen molar-refractivity contribution in [2.75, 3.05) is 18.8 Å². The van der Waals surface area contributed by atoms with Gasteiger partial charge < -0.3 is 0 Å². The van der Waals surface area contributed by atoms with Crippen molar-refractivity contribution in [1.82, 2.24) is 19.1 Å². The summed E-state index contributed by atoms with van der Waals surface area (Å²) in [5.41, 5.74) is 0.833. The van der Waals surface area contributed by atoms with Gasteiger partial charge in [0, 0.05) is 24.7 Å². The normalized spacial score (nSPS) is 16.9. The van der Waals surface area contributed by atoms with E-state index in [0.717, 1.165) is 25.7 Å². The van der Waals surface area contributed by atoms with E-state index in [1.54, 1.807) is 30.3 Å². The number of carbonyl (C=O) groups excluding carboxylic acids is 1. The SMILES string of the molecule is O=C(CSc1nnc(-c2ccccc2F)n1C1CC1)c1ccc(S(=O)(=O)N2CCCC2)cc1. The zero-order chi connectivity index (χ0) is 23.0. The zero-order valence-electron chi connectivity index (χ0n) is 17.9. The fourth-order valence-electron chi connectivity index (χ4n) is 3.97. The molecule has 0 bridgehead atoms. The summed E-state index contributed by atoms with van der Waals surface area (Å²) in [6.07, 6.45) is 3.68. The summed E-state index contributed by atoms with van der Waals surface area (Å²) in [6.45, 7) is 1.08. The molecule has 7 nitrogen and oxygen atoms in total. The van der Waals surface area contributed by atoms with Gasteiger partial charge in [0.05, 0.1) is 16.2 Å². The maximum atomic E-state index is 14.3. The molecule has 0 radical (unpaired) electrons. The van der Waals surface area contributed by atoms with Gasteiger partial charge >= 0.3 is 0 Å². The maximum absolute atomic E-state index is 14.3. The van der Waals surface area contributed by atoms with Gasteiger partial charge in [0.2, 0.25) is 10.0 Å². The Morgan fingerprint density at radius 2 is 1.73 bits per heavy atom. The largest absolute Gasteiger partial charge is 0.299 e. The highest BCUT2D eigenvalue weighted by molar-refractivity contribution is 7.99. The number of Topliss-reactive ketones (excluding diaryl/α,β-unsaturated/α-hetero) is 1. The number of halogens is 1. The highest BCUT2D eigenvalue weighted by atomic mass is 32.2. The summed E-state index contributed by atoms with van der Waals surface area (Å²) >= 11 is 1.26. The van der Waals surface area contributed by atoms with Gasteiger partial charge in [0.1, 0.15) is 5.82 Å². The molecule has 2 fully saturated rings. The van der Waals surface area contributed by atoms with Crippen LogP contribution in [-0.2, 0) is 10.0 Å². The average molecular weight is 487 g/mol. The number of hydrogen-bond acceptors (Lipinski definition) is 6. The van der Waals surface area contributed by atoms with Crippen molar-refractivity contribution >= 4 is 27.6 Å². The molecule has 172 valence electrons. The van der Waals surface area contributed by atoms with Crippen molar-refractivity contribution < 1.29 is 17.6 Å². The van der Waals surface area contributed by atoms with Crippen LogP contribution in [0.25, 0.3) is 11.4 Å². The molecular weight excluding hydrogens is 463 g/mol. The number of aromatic nitrogens is 3. The molecule has 33 heavy (non-hydrogen) atoms. The lowest BCUT2D eigenvalue weighted by molar-refractivity contribution is 0.102. The van der Waals surface area contributed by atoms with Crippen LogP contribution in [0.15, 0.2) is 58.6 Å². The predicted octanol–water partition coefficient (Wildman–Crippen LogP) is 4.18. The number of thioether (sulfide) groups is 1. The summed E-state index contributed by atoms with van der Waals surface area (Å²) in [7, 11) is -3.51. The fourth-order valence-corrected chi connectivity index (χ4v) is 6.38. The van der Waals surface area contributed by atoms with Crippen molar-refractivity contribution in [3.8, 4) is 11.4 Å². The van der Waals surface area contributed by atoms with E-state index < -0.39 is 10.0 Å². The van der Waals surface area contributed by atoms with Crippen molar-refractivity contribution in [3.63, 3.8) is 0 Å². The van der Waals surface area contributed by atoms with Crippen LogP contribution < -0.4 is 0 Å². The van der Waals surface area contributed by atoms with E-state index in [1.807, 2.05) is 4.57 Å². The molecular formula is C23H23FN4O3S2. The summed E-state index contributed by atoms with van der Waals surface area (Å²) in [4.78, 5) is 13.0. The molecule has 1 aliphatic heterocycles. The van der Waals surface area contributed by atoms with Crippen LogP contribution in [0.5, 0.6) is 0 Å². The molecule has 0 spiro atoms. The summed E-state index contributed by atoms with van der Waals surface area (Å²) < 4.78 is 43.1. The molecule has 2 heterocycles. The van der Waals surface area contributed by atoms with Crippen LogP contribution in [-0.4, -0.2) is 52.1 Å². The number of rotatable bonds is 8. The molecule has 1 saturated carbocycles. The Balaban J connectivity index is 1.30. The lowest BCUT2D eigenvalue weighted by atomic mass is 10.1. The molecule has 1 saturated heterocycles. The molecule has 1 aromatic heterocycles. The van der Waals surface area contributed by atoms with Crippen molar-refractivity contribution in [2.24, 2.45) is 0 Å². The Morgan fingerprint density at radius 1 is 1.03 bits per heavy atom. The minimum absolute atomic E-state index is 0.125. The van der Waals surface area contributed by atoms with Gasteiger partial charge in [0.15, 0.2) is 16.8 Å². The maximum Gasteiger partial charge on any atom is 0.243 e. The number of ketones is 1. The number of hydrogen-bond donors (Lipinski definition) is 0. The molecule has 0 atom stereocenters. The van der Waals surface area contributed by atoms with E-state index in [9.17, 15) is 17.6 Å². The first-order valence-corrected chi connectivity index (χ1v) is 13.3. The summed E-state index contributed by atoms with van der Waals surface area (Å²) in [6, 6.07) is 12.8. The van der Waals surface area contributed by atoms with Crippen LogP contribution in [0.2, 0.25) is 0 Å². The highest BCUT2D eigenvalue weighted by Gasteiger charge is 2.31. The second-order valence-corrected chi connectivity index (χ2v) is 11.1. The minimum atomic E-state index is -3.51. The molecule has 2 aromatic carbocycles. The zero-order valence-corrected chi connectivity index (χ0v) is 19.5. The minimum Gasteiger partial charge on any atom is -0.299 e. The Hall–Kier alpha value is -2.56. The van der Waals surface area contributed by atoms with Gasteiger partial charge in [-0.2, -0.15) is 4.31 Å². The third kappa shape index (κ3) is 4.47. The van der Waals surface area contributed by atoms with Crippen molar-refractivity contribution in [1.29, 1.82) is 0 Å². The van der Waals surface area contributed by atoms with Crippen LogP contribution >= 0.6 is 11.8 Å². The van der Waals surface area contributed by atoms with E-state index in [2.05, 4.69) is 10.2 Å². The van der Waals surface area contributed by atoms with Gasteiger partial charge in [-0.1, -0.05) is 36.0 Å². The lowest BCUT2D eigenvalue weighted by Crippen LogP contribution is -2.27. The molecule has 0 amide bonds. The van der Waals surface area contributed by atoms with Crippen LogP contribution in [0.3, 0.4) is 0 Å². The van der Waals surface area contributed by atoms with E-state index >= 15 is 0 Å². The van der Waals surface area contributed by atoms with E-state index in [4.69, 9.17) is 0 Å². The second-order valence-electron chi connectivity index (χ2n) is 8.23. The first kappa shape index (κ1) is 22.2. The van der Waals surface area contributed by atoms with Crippen LogP contribution in [0.1, 0.15) is 42.1 Å². The average Bonchev–Trinajstić information content (AvgIpc) is 3.32. The van der Waals surface area contributed by atoms with Gasteiger partial charge in [-0.05, 0) is 49.9 Å². The monoisotopic (exact) mass is 486 g/mol. The third-order valence-corrected chi connectivity index (χ3v) is 8.76. The van der Waals surface area contributed by atoms with E-state index in [1.165, 1.54) is 34.3 Å². The number of sulfonamides is 1. The molecule has 0 N–H and O–H groups in total. The summed E-state index contributed by atoms with van der Waals surface area (Å²) in [5, 5.41) is 9.01. The number of nitrogens with zero attached hydrogens (tertiary/aromatic N) is 4. The molecule has 1 aliphatic carbocycles. The summed E-state index contributed by atoms with van der Waals surface area (Å²) in [5.74, 6) is 0.105. The molecule has 0 unspecified atom stereocenters. The van der Waals surface area contributed by atoms with Crippen LogP contribution in [0.4, 0.5) is 4.39 Å². The van der Waals surface area contributed by atoms with Gasteiger partial charge in [0.25, 0.3) is 0 Å². The number of benzene rings is 2. The van der Waals surface area contributed by atoms with Crippen molar-refractivity contribution in [3.05, 3.63) is 59.9 Å². The Kier molecular flexibility index (Phi) is 6.07. The fraction of sp³-hybridized carbons (Fsp3) is 0.348. The van der Waals surface area contributed by atoms with Gasteiger partial charge in [-0.25, -0.2) is 12.8 Å². The van der Waals surface area contributed by atoms with Crippen molar-refractivity contribution in [2.45, 2.75) is 41.8 Å². The molecule has 3 aromatic rings. The van der Waals surface area contributed by atoms with Gasteiger partial charge in [-0.3, -0.25) is 9.36 Å². The second kappa shape index (κ2) is 9.00. The van der Waals surface area contributed by atoms with Crippen LogP contribution in [0, 0.1) is 5.82 Å². The Bertz CT molecular complexity index is 1280. The highest BCUT2D eigenvalue weighted by Crippen LogP contribution is 2.41. The molecule has 2 aliphatic rings. The lowest BCUT2D eigenvalue weighted by Gasteiger charge is -2.15. The standard InChI is InChI=1S/C23H23FN4O3S2/c24-20-6-2-1-5-19(20)22-25-26-23(28(22)17-9-10-17)32-15-21(29)16-7-11-18(12-8-16)33(30,31)27-13-3-4-14-27/h1-2,5-8,11-12,17H,3-4,9-10,13-15H2. The number of carbonyl (C=O) groups is 1. The van der Waals surface area contributed by atoms with E-state index in [0.29, 0.717) is 35.2 Å². The Labute approximate surface area is 196 Å². The topological polar surface area (TPSA) is 85.2 Å².